The van der Waals surface area contributed by atoms with Gasteiger partial charge in [0.2, 0.25) is 5.95 Å². The number of aromatic amines is 1. The van der Waals surface area contributed by atoms with Gasteiger partial charge >= 0.3 is 6.09 Å². The minimum Gasteiger partial charge on any atom is -0.444 e. The van der Waals surface area contributed by atoms with Crippen LogP contribution in [-0.4, -0.2) is 72.4 Å². The van der Waals surface area contributed by atoms with Crippen LogP contribution in [0.2, 0.25) is 0 Å². The van der Waals surface area contributed by atoms with Crippen molar-refractivity contribution in [3.8, 4) is 11.1 Å². The normalized spacial score (nSPS) is 17.0. The molecule has 1 amide bonds. The maximum Gasteiger partial charge on any atom is 0.410 e. The first-order chi connectivity index (χ1) is 20.0. The van der Waals surface area contributed by atoms with Gasteiger partial charge in [-0.05, 0) is 95.7 Å². The first-order valence-corrected chi connectivity index (χ1v) is 15.0. The molecule has 0 bridgehead atoms. The summed E-state index contributed by atoms with van der Waals surface area (Å²) in [4.78, 5) is 29.4. The summed E-state index contributed by atoms with van der Waals surface area (Å²) in [5.74, 6) is 2.17. The van der Waals surface area contributed by atoms with Gasteiger partial charge in [0.05, 0.1) is 16.7 Å². The van der Waals surface area contributed by atoms with Crippen LogP contribution in [0.5, 0.6) is 0 Å². The molecular weight excluding hydrogens is 528 g/mol. The summed E-state index contributed by atoms with van der Waals surface area (Å²) < 4.78 is 7.72. The molecule has 2 N–H and O–H groups in total. The maximum absolute atomic E-state index is 12.5. The largest absolute Gasteiger partial charge is 0.444 e. The van der Waals surface area contributed by atoms with E-state index in [9.17, 15) is 4.79 Å². The van der Waals surface area contributed by atoms with Crippen molar-refractivity contribution in [1.82, 2.24) is 34.5 Å². The zero-order valence-corrected chi connectivity index (χ0v) is 25.6. The van der Waals surface area contributed by atoms with Gasteiger partial charge in [0, 0.05) is 56.2 Å². The van der Waals surface area contributed by atoms with Crippen molar-refractivity contribution < 1.29 is 9.53 Å². The summed E-state index contributed by atoms with van der Waals surface area (Å²) >= 11 is 0. The Hall–Kier alpha value is -3.92. The van der Waals surface area contributed by atoms with E-state index in [0.717, 1.165) is 59.2 Å². The number of amides is 1. The number of aromatic nitrogens is 5. The topological polar surface area (TPSA) is 104 Å². The number of nitrogens with zero attached hydrogens (tertiary/aromatic N) is 6. The van der Waals surface area contributed by atoms with E-state index >= 15 is 0 Å². The lowest BCUT2D eigenvalue weighted by Gasteiger charge is -2.38. The van der Waals surface area contributed by atoms with Crippen molar-refractivity contribution in [3.05, 3.63) is 53.5 Å². The molecule has 42 heavy (non-hydrogen) atoms. The van der Waals surface area contributed by atoms with Gasteiger partial charge in [-0.15, -0.1) is 0 Å². The molecule has 2 fully saturated rings. The Kier molecular flexibility index (Phi) is 7.43. The molecule has 1 aliphatic carbocycles. The van der Waals surface area contributed by atoms with E-state index in [4.69, 9.17) is 14.8 Å². The molecular formula is C32H42N8O2. The van der Waals surface area contributed by atoms with Crippen molar-refractivity contribution in [2.75, 3.05) is 31.5 Å². The number of benzene rings is 1. The van der Waals surface area contributed by atoms with Crippen LogP contribution in [-0.2, 0) is 11.3 Å². The second kappa shape index (κ2) is 11.1. The van der Waals surface area contributed by atoms with Crippen LogP contribution in [0.4, 0.5) is 16.6 Å². The van der Waals surface area contributed by atoms with E-state index in [1.807, 2.05) is 27.0 Å². The number of aryl methyl sites for hydroxylation is 1. The number of pyridine rings is 1. The van der Waals surface area contributed by atoms with Crippen molar-refractivity contribution in [3.63, 3.8) is 0 Å². The number of piperazine rings is 1. The Bertz CT molecular complexity index is 1590. The summed E-state index contributed by atoms with van der Waals surface area (Å²) in [5, 5.41) is 8.20. The van der Waals surface area contributed by atoms with Crippen molar-refractivity contribution in [2.24, 2.45) is 5.92 Å². The molecule has 1 unspecified atom stereocenters. The van der Waals surface area contributed by atoms with Gasteiger partial charge < -0.3 is 19.9 Å². The van der Waals surface area contributed by atoms with Crippen molar-refractivity contribution >= 4 is 28.9 Å². The van der Waals surface area contributed by atoms with Crippen LogP contribution in [0.3, 0.4) is 0 Å². The molecule has 2 aliphatic rings. The second-order valence-corrected chi connectivity index (χ2v) is 12.8. The molecule has 1 atom stereocenters. The van der Waals surface area contributed by atoms with E-state index in [2.05, 4.69) is 76.0 Å². The van der Waals surface area contributed by atoms with E-state index in [-0.39, 0.29) is 12.1 Å². The zero-order chi connectivity index (χ0) is 29.6. The standard InChI is InChI=1S/C32H42N8O2/c1-20-29(22(3)40(37-20)19-23-7-8-23)25-9-10-26-27(17-25)35-30(34-26)36-28-18-24(11-12-33-28)21(2)38-13-15-39(16-14-38)31(41)42-32(4,5)6/h9-12,17-18,21,23H,7-8,13-16,19H2,1-6H3,(H2,33,34,35,36). The van der Waals surface area contributed by atoms with Crippen LogP contribution < -0.4 is 5.32 Å². The highest BCUT2D eigenvalue weighted by molar-refractivity contribution is 5.85. The van der Waals surface area contributed by atoms with E-state index < -0.39 is 5.60 Å². The quantitative estimate of drug-likeness (QED) is 0.272. The number of carbonyl (C=O) groups excluding carboxylic acids is 1. The number of hydrogen-bond donors (Lipinski definition) is 2. The molecule has 0 radical (unpaired) electrons. The van der Waals surface area contributed by atoms with E-state index in [1.54, 1.807) is 4.90 Å². The summed E-state index contributed by atoms with van der Waals surface area (Å²) in [7, 11) is 0. The minimum atomic E-state index is -0.485. The smallest absolute Gasteiger partial charge is 0.410 e. The highest BCUT2D eigenvalue weighted by Crippen LogP contribution is 2.34. The molecule has 222 valence electrons. The molecule has 4 aromatic rings. The number of carbonyl (C=O) groups is 1. The average molecular weight is 571 g/mol. The average Bonchev–Trinajstić information content (AvgIpc) is 3.61. The lowest BCUT2D eigenvalue weighted by atomic mass is 10.0. The molecule has 3 aromatic heterocycles. The Morgan fingerprint density at radius 2 is 1.88 bits per heavy atom. The molecule has 1 saturated carbocycles. The first-order valence-electron chi connectivity index (χ1n) is 15.0. The number of fused-ring (bicyclic) bond motifs is 1. The van der Waals surface area contributed by atoms with E-state index in [0.29, 0.717) is 19.0 Å². The van der Waals surface area contributed by atoms with Crippen LogP contribution in [0.25, 0.3) is 22.2 Å². The maximum atomic E-state index is 12.5. The van der Waals surface area contributed by atoms with Crippen molar-refractivity contribution in [2.45, 2.75) is 72.6 Å². The second-order valence-electron chi connectivity index (χ2n) is 12.8. The molecule has 1 saturated heterocycles. The monoisotopic (exact) mass is 570 g/mol. The molecule has 10 nitrogen and oxygen atoms in total. The highest BCUT2D eigenvalue weighted by Gasteiger charge is 2.28. The zero-order valence-electron chi connectivity index (χ0n) is 25.6. The first kappa shape index (κ1) is 28.2. The Morgan fingerprint density at radius 1 is 1.12 bits per heavy atom. The third-order valence-electron chi connectivity index (χ3n) is 8.31. The van der Waals surface area contributed by atoms with Crippen molar-refractivity contribution in [1.29, 1.82) is 0 Å². The number of nitrogens with one attached hydrogen (secondary N) is 2. The lowest BCUT2D eigenvalue weighted by molar-refractivity contribution is 0.0110. The summed E-state index contributed by atoms with van der Waals surface area (Å²) in [6.45, 7) is 16.0. The molecule has 1 aliphatic heterocycles. The van der Waals surface area contributed by atoms with Gasteiger partial charge in [-0.1, -0.05) is 6.07 Å². The molecule has 4 heterocycles. The van der Waals surface area contributed by atoms with Crippen LogP contribution in [0.1, 0.15) is 63.5 Å². The number of imidazole rings is 1. The highest BCUT2D eigenvalue weighted by atomic mass is 16.6. The Balaban J connectivity index is 1.12. The number of rotatable bonds is 7. The predicted octanol–water partition coefficient (Wildman–Crippen LogP) is 6.21. The third kappa shape index (κ3) is 6.13. The van der Waals surface area contributed by atoms with Gasteiger partial charge in [-0.2, -0.15) is 5.10 Å². The lowest BCUT2D eigenvalue weighted by Crippen LogP contribution is -2.50. The summed E-state index contributed by atoms with van der Waals surface area (Å²) in [5.41, 5.74) is 7.18. The van der Waals surface area contributed by atoms with Crippen LogP contribution in [0, 0.1) is 19.8 Å². The number of ether oxygens (including phenoxy) is 1. The third-order valence-corrected chi connectivity index (χ3v) is 8.31. The number of H-pyrrole nitrogens is 1. The van der Waals surface area contributed by atoms with Gasteiger partial charge in [0.1, 0.15) is 11.4 Å². The van der Waals surface area contributed by atoms with Crippen LogP contribution >= 0.6 is 0 Å². The molecule has 0 spiro atoms. The summed E-state index contributed by atoms with van der Waals surface area (Å²) in [6.07, 6.45) is 4.22. The fraction of sp³-hybridized carbons (Fsp3) is 0.500. The number of hydrogen-bond acceptors (Lipinski definition) is 7. The Morgan fingerprint density at radius 3 is 2.60 bits per heavy atom. The number of anilines is 2. The molecule has 6 rings (SSSR count). The minimum absolute atomic E-state index is 0.180. The SMILES string of the molecule is Cc1nn(CC2CC2)c(C)c1-c1ccc2nc(Nc3cc(C(C)N4CCN(C(=O)OC(C)(C)C)CC4)ccn3)[nH]c2c1. The van der Waals surface area contributed by atoms with Gasteiger partial charge in [-0.25, -0.2) is 14.8 Å². The van der Waals surface area contributed by atoms with Gasteiger partial charge in [0.15, 0.2) is 0 Å². The Labute approximate surface area is 247 Å². The summed E-state index contributed by atoms with van der Waals surface area (Å²) in [6, 6.07) is 10.7. The molecule has 1 aromatic carbocycles. The van der Waals surface area contributed by atoms with E-state index in [1.165, 1.54) is 24.1 Å². The fourth-order valence-corrected chi connectivity index (χ4v) is 5.79. The van der Waals surface area contributed by atoms with Gasteiger partial charge in [-0.3, -0.25) is 9.58 Å². The predicted molar refractivity (Wildman–Crippen MR) is 165 cm³/mol. The fourth-order valence-electron chi connectivity index (χ4n) is 5.79. The van der Waals surface area contributed by atoms with Gasteiger partial charge in [0.25, 0.3) is 0 Å². The molecule has 10 heteroatoms. The van der Waals surface area contributed by atoms with Crippen LogP contribution in [0.15, 0.2) is 36.5 Å².